The first-order valence-corrected chi connectivity index (χ1v) is 6.84. The van der Waals surface area contributed by atoms with Gasteiger partial charge in [-0.2, -0.15) is 0 Å². The van der Waals surface area contributed by atoms with Crippen LogP contribution in [0.5, 0.6) is 0 Å². The maximum absolute atomic E-state index is 5.55. The van der Waals surface area contributed by atoms with Crippen molar-refractivity contribution < 1.29 is 4.42 Å². The van der Waals surface area contributed by atoms with E-state index in [9.17, 15) is 0 Å². The molecule has 0 saturated heterocycles. The molecule has 1 fully saturated rings. The Labute approximate surface area is 117 Å². The average Bonchev–Trinajstić information content (AvgIpc) is 3.15. The SMILES string of the molecule is Cc1c(NN)nc(C2CC2)nc1NC(C)c1ccco1. The van der Waals surface area contributed by atoms with Crippen LogP contribution in [0.3, 0.4) is 0 Å². The van der Waals surface area contributed by atoms with Gasteiger partial charge in [-0.25, -0.2) is 15.8 Å². The van der Waals surface area contributed by atoms with E-state index in [0.29, 0.717) is 11.7 Å². The highest BCUT2D eigenvalue weighted by Crippen LogP contribution is 2.39. The predicted octanol–water partition coefficient (Wildman–Crippen LogP) is 2.71. The van der Waals surface area contributed by atoms with E-state index in [1.165, 1.54) is 0 Å². The van der Waals surface area contributed by atoms with Gasteiger partial charge in [-0.05, 0) is 38.8 Å². The van der Waals surface area contributed by atoms with Gasteiger partial charge in [0.15, 0.2) is 0 Å². The Morgan fingerprint density at radius 2 is 2.10 bits per heavy atom. The number of nitrogens with zero attached hydrogens (tertiary/aromatic N) is 2. The van der Waals surface area contributed by atoms with Gasteiger partial charge in [-0.15, -0.1) is 0 Å². The quantitative estimate of drug-likeness (QED) is 0.573. The zero-order valence-electron chi connectivity index (χ0n) is 11.7. The Kier molecular flexibility index (Phi) is 3.31. The van der Waals surface area contributed by atoms with Gasteiger partial charge in [0, 0.05) is 11.5 Å². The minimum Gasteiger partial charge on any atom is -0.467 e. The van der Waals surface area contributed by atoms with Crippen LogP contribution in [0.4, 0.5) is 11.6 Å². The Bertz CT molecular complexity index is 592. The van der Waals surface area contributed by atoms with Crippen LogP contribution in [-0.4, -0.2) is 9.97 Å². The Hall–Kier alpha value is -2.08. The fraction of sp³-hybridized carbons (Fsp3) is 0.429. The smallest absolute Gasteiger partial charge is 0.148 e. The monoisotopic (exact) mass is 273 g/mol. The molecule has 1 aliphatic rings. The van der Waals surface area contributed by atoms with E-state index in [1.54, 1.807) is 6.26 Å². The number of anilines is 2. The van der Waals surface area contributed by atoms with Crippen molar-refractivity contribution in [2.75, 3.05) is 10.7 Å². The van der Waals surface area contributed by atoms with Crippen LogP contribution >= 0.6 is 0 Å². The van der Waals surface area contributed by atoms with Crippen molar-refractivity contribution >= 4 is 11.6 Å². The van der Waals surface area contributed by atoms with Gasteiger partial charge in [-0.1, -0.05) is 0 Å². The third-order valence-corrected chi connectivity index (χ3v) is 3.57. The largest absolute Gasteiger partial charge is 0.467 e. The van der Waals surface area contributed by atoms with Crippen molar-refractivity contribution in [1.82, 2.24) is 9.97 Å². The fourth-order valence-electron chi connectivity index (χ4n) is 2.15. The van der Waals surface area contributed by atoms with Gasteiger partial charge in [0.2, 0.25) is 0 Å². The molecule has 0 spiro atoms. The zero-order chi connectivity index (χ0) is 14.1. The second-order valence-corrected chi connectivity index (χ2v) is 5.20. The number of aromatic nitrogens is 2. The first kappa shape index (κ1) is 12.9. The number of nitrogen functional groups attached to an aromatic ring is 1. The lowest BCUT2D eigenvalue weighted by molar-refractivity contribution is 0.490. The number of hydrogen-bond acceptors (Lipinski definition) is 6. The second-order valence-electron chi connectivity index (χ2n) is 5.20. The maximum atomic E-state index is 5.55. The van der Waals surface area contributed by atoms with Crippen LogP contribution in [-0.2, 0) is 0 Å². The molecule has 3 rings (SSSR count). The molecule has 0 radical (unpaired) electrons. The van der Waals surface area contributed by atoms with E-state index in [2.05, 4.69) is 20.7 Å². The first-order chi connectivity index (χ1) is 9.69. The van der Waals surface area contributed by atoms with Crippen LogP contribution in [0.1, 0.15) is 48.9 Å². The molecule has 6 heteroatoms. The zero-order valence-corrected chi connectivity index (χ0v) is 11.7. The predicted molar refractivity (Wildman–Crippen MR) is 77.3 cm³/mol. The van der Waals surface area contributed by atoms with E-state index in [-0.39, 0.29) is 6.04 Å². The van der Waals surface area contributed by atoms with Crippen LogP contribution in [0, 0.1) is 6.92 Å². The van der Waals surface area contributed by atoms with E-state index >= 15 is 0 Å². The molecule has 2 aromatic heterocycles. The van der Waals surface area contributed by atoms with Crippen molar-refractivity contribution in [3.63, 3.8) is 0 Å². The summed E-state index contributed by atoms with van der Waals surface area (Å²) in [5.41, 5.74) is 3.56. The van der Waals surface area contributed by atoms with E-state index in [0.717, 1.165) is 35.8 Å². The van der Waals surface area contributed by atoms with Gasteiger partial charge < -0.3 is 15.2 Å². The molecular formula is C14H19N5O. The number of hydrogen-bond donors (Lipinski definition) is 3. The van der Waals surface area contributed by atoms with Gasteiger partial charge in [0.25, 0.3) is 0 Å². The van der Waals surface area contributed by atoms with Crippen molar-refractivity contribution in [2.24, 2.45) is 5.84 Å². The van der Waals surface area contributed by atoms with Crippen LogP contribution in [0.25, 0.3) is 0 Å². The molecule has 2 heterocycles. The van der Waals surface area contributed by atoms with Gasteiger partial charge in [-0.3, -0.25) is 0 Å². The van der Waals surface area contributed by atoms with Gasteiger partial charge in [0.1, 0.15) is 23.2 Å². The van der Waals surface area contributed by atoms with E-state index in [4.69, 9.17) is 10.3 Å². The van der Waals surface area contributed by atoms with Crippen molar-refractivity contribution in [3.8, 4) is 0 Å². The fourth-order valence-corrected chi connectivity index (χ4v) is 2.15. The van der Waals surface area contributed by atoms with Crippen molar-refractivity contribution in [3.05, 3.63) is 35.5 Å². The summed E-state index contributed by atoms with van der Waals surface area (Å²) in [6.45, 7) is 3.98. The highest BCUT2D eigenvalue weighted by atomic mass is 16.3. The number of hydrazine groups is 1. The Balaban J connectivity index is 1.89. The summed E-state index contributed by atoms with van der Waals surface area (Å²) >= 11 is 0. The molecule has 0 bridgehead atoms. The van der Waals surface area contributed by atoms with Crippen molar-refractivity contribution in [2.45, 2.75) is 38.6 Å². The molecule has 0 aliphatic heterocycles. The summed E-state index contributed by atoms with van der Waals surface area (Å²) in [6.07, 6.45) is 3.98. The highest BCUT2D eigenvalue weighted by molar-refractivity contribution is 5.57. The number of nitrogens with one attached hydrogen (secondary N) is 2. The molecule has 6 nitrogen and oxygen atoms in total. The molecular weight excluding hydrogens is 254 g/mol. The number of nitrogens with two attached hydrogens (primary N) is 1. The molecule has 106 valence electrons. The Morgan fingerprint density at radius 1 is 1.35 bits per heavy atom. The summed E-state index contributed by atoms with van der Waals surface area (Å²) in [5.74, 6) is 9.24. The van der Waals surface area contributed by atoms with Gasteiger partial charge in [0.05, 0.1) is 12.3 Å². The minimum absolute atomic E-state index is 0.0382. The molecule has 4 N–H and O–H groups in total. The molecule has 1 unspecified atom stereocenters. The summed E-state index contributed by atoms with van der Waals surface area (Å²) < 4.78 is 5.41. The third-order valence-electron chi connectivity index (χ3n) is 3.57. The minimum atomic E-state index is 0.0382. The highest BCUT2D eigenvalue weighted by Gasteiger charge is 2.28. The molecule has 0 amide bonds. The summed E-state index contributed by atoms with van der Waals surface area (Å²) in [4.78, 5) is 9.11. The van der Waals surface area contributed by atoms with E-state index < -0.39 is 0 Å². The molecule has 0 aromatic carbocycles. The summed E-state index contributed by atoms with van der Waals surface area (Å²) in [6, 6.07) is 3.86. The standard InChI is InChI=1S/C14H19N5O/c1-8-12(16-9(2)11-4-3-7-20-11)17-14(10-5-6-10)18-13(8)19-15/h3-4,7,9-10H,5-6,15H2,1-2H3,(H2,16,17,18,19). The number of furan rings is 1. The van der Waals surface area contributed by atoms with Crippen LogP contribution in [0.2, 0.25) is 0 Å². The lowest BCUT2D eigenvalue weighted by Crippen LogP contribution is -2.16. The number of rotatable bonds is 5. The molecule has 2 aromatic rings. The summed E-state index contributed by atoms with van der Waals surface area (Å²) in [5, 5.41) is 3.37. The molecule has 1 saturated carbocycles. The second kappa shape index (κ2) is 5.13. The molecule has 1 atom stereocenters. The average molecular weight is 273 g/mol. The topological polar surface area (TPSA) is 89.0 Å². The normalized spacial score (nSPS) is 15.9. The first-order valence-electron chi connectivity index (χ1n) is 6.84. The lowest BCUT2D eigenvalue weighted by atomic mass is 10.2. The van der Waals surface area contributed by atoms with Crippen molar-refractivity contribution in [1.29, 1.82) is 0 Å². The lowest BCUT2D eigenvalue weighted by Gasteiger charge is -2.17. The molecule has 20 heavy (non-hydrogen) atoms. The molecule has 1 aliphatic carbocycles. The van der Waals surface area contributed by atoms with Crippen LogP contribution < -0.4 is 16.6 Å². The Morgan fingerprint density at radius 3 is 2.70 bits per heavy atom. The maximum Gasteiger partial charge on any atom is 0.148 e. The van der Waals surface area contributed by atoms with E-state index in [1.807, 2.05) is 26.0 Å². The van der Waals surface area contributed by atoms with Gasteiger partial charge >= 0.3 is 0 Å². The third kappa shape index (κ3) is 2.46. The van der Waals surface area contributed by atoms with Crippen LogP contribution in [0.15, 0.2) is 22.8 Å². The summed E-state index contributed by atoms with van der Waals surface area (Å²) in [7, 11) is 0.